The zero-order chi connectivity index (χ0) is 12.1. The summed E-state index contributed by atoms with van der Waals surface area (Å²) in [6, 6.07) is 7.82. The van der Waals surface area contributed by atoms with Crippen LogP contribution in [-0.4, -0.2) is 21.5 Å². The van der Waals surface area contributed by atoms with E-state index in [-0.39, 0.29) is 0 Å². The molecule has 0 saturated carbocycles. The van der Waals surface area contributed by atoms with Gasteiger partial charge in [0.15, 0.2) is 0 Å². The van der Waals surface area contributed by atoms with Gasteiger partial charge in [-0.3, -0.25) is 4.98 Å². The summed E-state index contributed by atoms with van der Waals surface area (Å²) in [6.07, 6.45) is 2.46. The SMILES string of the molecule is CCNc1cc(C)nc(Cc2ccccn2)n1. The lowest BCUT2D eigenvalue weighted by atomic mass is 10.2. The van der Waals surface area contributed by atoms with Gasteiger partial charge >= 0.3 is 0 Å². The molecule has 0 bridgehead atoms. The molecule has 0 spiro atoms. The van der Waals surface area contributed by atoms with Gasteiger partial charge in [0.1, 0.15) is 11.6 Å². The van der Waals surface area contributed by atoms with Crippen LogP contribution in [-0.2, 0) is 6.42 Å². The summed E-state index contributed by atoms with van der Waals surface area (Å²) in [5.74, 6) is 1.69. The Bertz CT molecular complexity index is 482. The molecule has 0 atom stereocenters. The molecule has 4 nitrogen and oxygen atoms in total. The Kier molecular flexibility index (Phi) is 3.65. The Morgan fingerprint density at radius 3 is 2.82 bits per heavy atom. The van der Waals surface area contributed by atoms with Gasteiger partial charge in [0, 0.05) is 30.2 Å². The van der Waals surface area contributed by atoms with Crippen molar-refractivity contribution in [3.05, 3.63) is 47.7 Å². The molecule has 0 aliphatic rings. The van der Waals surface area contributed by atoms with E-state index in [1.54, 1.807) is 6.20 Å². The van der Waals surface area contributed by atoms with E-state index < -0.39 is 0 Å². The first-order chi connectivity index (χ1) is 8.28. The van der Waals surface area contributed by atoms with E-state index >= 15 is 0 Å². The van der Waals surface area contributed by atoms with Gasteiger partial charge in [0.2, 0.25) is 0 Å². The van der Waals surface area contributed by atoms with Crippen LogP contribution in [0, 0.1) is 6.92 Å². The maximum Gasteiger partial charge on any atom is 0.136 e. The van der Waals surface area contributed by atoms with E-state index in [0.29, 0.717) is 6.42 Å². The fourth-order valence-electron chi connectivity index (χ4n) is 1.65. The van der Waals surface area contributed by atoms with Crippen LogP contribution in [0.3, 0.4) is 0 Å². The summed E-state index contributed by atoms with van der Waals surface area (Å²) < 4.78 is 0. The quantitative estimate of drug-likeness (QED) is 0.871. The van der Waals surface area contributed by atoms with Crippen LogP contribution in [0.15, 0.2) is 30.5 Å². The molecule has 4 heteroatoms. The van der Waals surface area contributed by atoms with Gasteiger partial charge in [-0.2, -0.15) is 0 Å². The number of hydrogen-bond acceptors (Lipinski definition) is 4. The van der Waals surface area contributed by atoms with Crippen molar-refractivity contribution in [2.24, 2.45) is 0 Å². The number of hydrogen-bond donors (Lipinski definition) is 1. The van der Waals surface area contributed by atoms with E-state index in [2.05, 4.69) is 27.2 Å². The molecule has 17 heavy (non-hydrogen) atoms. The van der Waals surface area contributed by atoms with E-state index in [0.717, 1.165) is 29.6 Å². The third kappa shape index (κ3) is 3.24. The molecule has 2 rings (SSSR count). The van der Waals surface area contributed by atoms with Crippen molar-refractivity contribution < 1.29 is 0 Å². The van der Waals surface area contributed by atoms with E-state index in [4.69, 9.17) is 0 Å². The molecule has 0 unspecified atom stereocenters. The number of aromatic nitrogens is 3. The second-order valence-corrected chi connectivity index (χ2v) is 3.84. The fraction of sp³-hybridized carbons (Fsp3) is 0.308. The Morgan fingerprint density at radius 1 is 1.24 bits per heavy atom. The molecule has 0 saturated heterocycles. The van der Waals surface area contributed by atoms with Crippen LogP contribution in [0.5, 0.6) is 0 Å². The highest BCUT2D eigenvalue weighted by atomic mass is 15.0. The average Bonchev–Trinajstić information content (AvgIpc) is 2.30. The third-order valence-electron chi connectivity index (χ3n) is 2.32. The maximum absolute atomic E-state index is 4.46. The molecular formula is C13H16N4. The molecular weight excluding hydrogens is 212 g/mol. The highest BCUT2D eigenvalue weighted by molar-refractivity contribution is 5.36. The summed E-state index contributed by atoms with van der Waals surface area (Å²) in [5, 5.41) is 3.20. The van der Waals surface area contributed by atoms with Crippen molar-refractivity contribution in [3.8, 4) is 0 Å². The monoisotopic (exact) mass is 228 g/mol. The van der Waals surface area contributed by atoms with Gasteiger partial charge < -0.3 is 5.32 Å². The Hall–Kier alpha value is -1.97. The summed E-state index contributed by atoms with van der Waals surface area (Å²) in [4.78, 5) is 13.2. The first-order valence-corrected chi connectivity index (χ1v) is 5.76. The van der Waals surface area contributed by atoms with Crippen molar-refractivity contribution in [3.63, 3.8) is 0 Å². The van der Waals surface area contributed by atoms with Crippen molar-refractivity contribution in [1.82, 2.24) is 15.0 Å². The predicted octanol–water partition coefficient (Wildman–Crippen LogP) is 2.20. The molecule has 0 amide bonds. The van der Waals surface area contributed by atoms with Gasteiger partial charge in [-0.05, 0) is 26.0 Å². The lowest BCUT2D eigenvalue weighted by molar-refractivity contribution is 0.914. The molecule has 0 aliphatic heterocycles. The van der Waals surface area contributed by atoms with Crippen molar-refractivity contribution in [1.29, 1.82) is 0 Å². The number of pyridine rings is 1. The zero-order valence-electron chi connectivity index (χ0n) is 10.1. The summed E-state index contributed by atoms with van der Waals surface area (Å²) in [7, 11) is 0. The van der Waals surface area contributed by atoms with Gasteiger partial charge in [0.25, 0.3) is 0 Å². The van der Waals surface area contributed by atoms with Crippen LogP contribution < -0.4 is 5.32 Å². The second-order valence-electron chi connectivity index (χ2n) is 3.84. The Morgan fingerprint density at radius 2 is 2.12 bits per heavy atom. The summed E-state index contributed by atoms with van der Waals surface area (Å²) in [5.41, 5.74) is 1.96. The lowest BCUT2D eigenvalue weighted by Crippen LogP contribution is -2.05. The molecule has 2 heterocycles. The highest BCUT2D eigenvalue weighted by Crippen LogP contribution is 2.08. The van der Waals surface area contributed by atoms with Crippen LogP contribution in [0.1, 0.15) is 24.1 Å². The molecule has 0 fully saturated rings. The van der Waals surface area contributed by atoms with Gasteiger partial charge in [0.05, 0.1) is 6.42 Å². The van der Waals surface area contributed by atoms with E-state index in [1.165, 1.54) is 0 Å². The lowest BCUT2D eigenvalue weighted by Gasteiger charge is -2.06. The maximum atomic E-state index is 4.46. The van der Waals surface area contributed by atoms with Crippen LogP contribution >= 0.6 is 0 Å². The van der Waals surface area contributed by atoms with Gasteiger partial charge in [-0.1, -0.05) is 6.07 Å². The number of rotatable bonds is 4. The minimum Gasteiger partial charge on any atom is -0.370 e. The largest absolute Gasteiger partial charge is 0.370 e. The van der Waals surface area contributed by atoms with E-state index in [1.807, 2.05) is 31.2 Å². The van der Waals surface area contributed by atoms with Gasteiger partial charge in [-0.15, -0.1) is 0 Å². The zero-order valence-corrected chi connectivity index (χ0v) is 10.1. The molecule has 0 aliphatic carbocycles. The minimum atomic E-state index is 0.668. The molecule has 2 aromatic rings. The second kappa shape index (κ2) is 5.39. The summed E-state index contributed by atoms with van der Waals surface area (Å²) in [6.45, 7) is 4.89. The third-order valence-corrected chi connectivity index (χ3v) is 2.32. The number of anilines is 1. The minimum absolute atomic E-state index is 0.668. The van der Waals surface area contributed by atoms with Crippen LogP contribution in [0.25, 0.3) is 0 Å². The first kappa shape index (κ1) is 11.5. The number of nitrogens with zero attached hydrogens (tertiary/aromatic N) is 3. The molecule has 2 aromatic heterocycles. The summed E-state index contributed by atoms with van der Waals surface area (Å²) >= 11 is 0. The van der Waals surface area contributed by atoms with Gasteiger partial charge in [-0.25, -0.2) is 9.97 Å². The number of aryl methyl sites for hydroxylation is 1. The molecule has 0 aromatic carbocycles. The smallest absolute Gasteiger partial charge is 0.136 e. The Balaban J connectivity index is 2.21. The topological polar surface area (TPSA) is 50.7 Å². The van der Waals surface area contributed by atoms with Crippen LogP contribution in [0.2, 0.25) is 0 Å². The average molecular weight is 228 g/mol. The predicted molar refractivity (Wildman–Crippen MR) is 68.0 cm³/mol. The fourth-order valence-corrected chi connectivity index (χ4v) is 1.65. The van der Waals surface area contributed by atoms with Crippen LogP contribution in [0.4, 0.5) is 5.82 Å². The molecule has 88 valence electrons. The number of nitrogens with one attached hydrogen (secondary N) is 1. The van der Waals surface area contributed by atoms with Crippen molar-refractivity contribution >= 4 is 5.82 Å². The van der Waals surface area contributed by atoms with E-state index in [9.17, 15) is 0 Å². The van der Waals surface area contributed by atoms with Crippen molar-refractivity contribution in [2.45, 2.75) is 20.3 Å². The van der Waals surface area contributed by atoms with Crippen molar-refractivity contribution in [2.75, 3.05) is 11.9 Å². The first-order valence-electron chi connectivity index (χ1n) is 5.76. The Labute approximate surface area is 101 Å². The standard InChI is InChI=1S/C13H16N4/c1-3-14-12-8-10(2)16-13(17-12)9-11-6-4-5-7-15-11/h4-8H,3,9H2,1-2H3,(H,14,16,17). The normalized spacial score (nSPS) is 10.2. The molecule has 1 N–H and O–H groups in total. The highest BCUT2D eigenvalue weighted by Gasteiger charge is 2.03. The molecule has 0 radical (unpaired) electrons.